The van der Waals surface area contributed by atoms with Gasteiger partial charge in [-0.3, -0.25) is 0 Å². The molecule has 17 heavy (non-hydrogen) atoms. The molecule has 0 saturated carbocycles. The SMILES string of the molecule is Cc1nnc(COc2c(N)cccc2Br)n1C. The van der Waals surface area contributed by atoms with Crippen molar-refractivity contribution in [1.29, 1.82) is 0 Å². The molecule has 2 aromatic rings. The second-order valence-electron chi connectivity index (χ2n) is 3.67. The van der Waals surface area contributed by atoms with Crippen LogP contribution < -0.4 is 10.5 Å². The molecule has 2 N–H and O–H groups in total. The number of nitrogen functional groups attached to an aromatic ring is 1. The van der Waals surface area contributed by atoms with Crippen molar-refractivity contribution in [2.24, 2.45) is 7.05 Å². The van der Waals surface area contributed by atoms with Gasteiger partial charge in [-0.15, -0.1) is 10.2 Å². The number of aromatic nitrogens is 3. The third-order valence-corrected chi connectivity index (χ3v) is 3.15. The number of nitrogens with two attached hydrogens (primary N) is 1. The van der Waals surface area contributed by atoms with Gasteiger partial charge in [-0.2, -0.15) is 0 Å². The minimum absolute atomic E-state index is 0.337. The number of benzene rings is 1. The lowest BCUT2D eigenvalue weighted by atomic mass is 10.3. The Hall–Kier alpha value is -1.56. The van der Waals surface area contributed by atoms with Gasteiger partial charge in [0.05, 0.1) is 10.2 Å². The van der Waals surface area contributed by atoms with E-state index in [9.17, 15) is 0 Å². The van der Waals surface area contributed by atoms with Gasteiger partial charge in [0.15, 0.2) is 11.6 Å². The van der Waals surface area contributed by atoms with Crippen LogP contribution in [0.1, 0.15) is 11.6 Å². The van der Waals surface area contributed by atoms with Crippen molar-refractivity contribution in [3.05, 3.63) is 34.3 Å². The number of para-hydroxylation sites is 1. The Kier molecular flexibility index (Phi) is 3.33. The van der Waals surface area contributed by atoms with Crippen molar-refractivity contribution < 1.29 is 4.74 Å². The van der Waals surface area contributed by atoms with E-state index in [4.69, 9.17) is 10.5 Å². The number of anilines is 1. The number of aryl methyl sites for hydroxylation is 1. The third-order valence-electron chi connectivity index (χ3n) is 2.53. The Morgan fingerprint density at radius 3 is 2.76 bits per heavy atom. The smallest absolute Gasteiger partial charge is 0.170 e. The summed E-state index contributed by atoms with van der Waals surface area (Å²) in [6, 6.07) is 5.54. The first-order valence-corrected chi connectivity index (χ1v) is 5.90. The molecule has 6 heteroatoms. The summed E-state index contributed by atoms with van der Waals surface area (Å²) in [5, 5.41) is 7.98. The van der Waals surface area contributed by atoms with Crippen LogP contribution in [0.15, 0.2) is 22.7 Å². The van der Waals surface area contributed by atoms with Crippen molar-refractivity contribution in [3.63, 3.8) is 0 Å². The summed E-state index contributed by atoms with van der Waals surface area (Å²) in [4.78, 5) is 0. The van der Waals surface area contributed by atoms with E-state index in [0.29, 0.717) is 18.0 Å². The molecule has 1 aromatic carbocycles. The second-order valence-corrected chi connectivity index (χ2v) is 4.52. The van der Waals surface area contributed by atoms with E-state index in [1.165, 1.54) is 0 Å². The van der Waals surface area contributed by atoms with Crippen LogP contribution in [0, 0.1) is 6.92 Å². The molecule has 1 heterocycles. The minimum Gasteiger partial charge on any atom is -0.482 e. The van der Waals surface area contributed by atoms with Crippen LogP contribution in [-0.2, 0) is 13.7 Å². The van der Waals surface area contributed by atoms with Gasteiger partial charge >= 0.3 is 0 Å². The van der Waals surface area contributed by atoms with E-state index in [0.717, 1.165) is 16.1 Å². The van der Waals surface area contributed by atoms with Crippen LogP contribution in [-0.4, -0.2) is 14.8 Å². The van der Waals surface area contributed by atoms with Gasteiger partial charge in [-0.1, -0.05) is 6.07 Å². The molecule has 0 aliphatic rings. The van der Waals surface area contributed by atoms with Gasteiger partial charge in [0, 0.05) is 7.05 Å². The van der Waals surface area contributed by atoms with E-state index in [2.05, 4.69) is 26.1 Å². The van der Waals surface area contributed by atoms with E-state index in [1.807, 2.05) is 30.7 Å². The Morgan fingerprint density at radius 1 is 1.41 bits per heavy atom. The van der Waals surface area contributed by atoms with Crippen LogP contribution in [0.2, 0.25) is 0 Å². The van der Waals surface area contributed by atoms with Gasteiger partial charge in [0.25, 0.3) is 0 Å². The maximum Gasteiger partial charge on any atom is 0.170 e. The lowest BCUT2D eigenvalue weighted by molar-refractivity contribution is 0.291. The summed E-state index contributed by atoms with van der Waals surface area (Å²) < 4.78 is 8.36. The van der Waals surface area contributed by atoms with Crippen LogP contribution in [0.3, 0.4) is 0 Å². The van der Waals surface area contributed by atoms with Gasteiger partial charge in [-0.25, -0.2) is 0 Å². The molecule has 0 atom stereocenters. The first-order valence-electron chi connectivity index (χ1n) is 5.11. The van der Waals surface area contributed by atoms with Gasteiger partial charge in [-0.05, 0) is 35.0 Å². The lowest BCUT2D eigenvalue weighted by Gasteiger charge is -2.10. The van der Waals surface area contributed by atoms with Crippen molar-refractivity contribution in [3.8, 4) is 5.75 Å². The molecular weight excluding hydrogens is 284 g/mol. The molecule has 0 saturated heterocycles. The number of ether oxygens (including phenoxy) is 1. The highest BCUT2D eigenvalue weighted by Gasteiger charge is 2.09. The van der Waals surface area contributed by atoms with E-state index < -0.39 is 0 Å². The number of halogens is 1. The van der Waals surface area contributed by atoms with Crippen molar-refractivity contribution in [2.45, 2.75) is 13.5 Å². The first-order chi connectivity index (χ1) is 8.09. The predicted octanol–water partition coefficient (Wildman–Crippen LogP) is 2.05. The lowest BCUT2D eigenvalue weighted by Crippen LogP contribution is -2.05. The van der Waals surface area contributed by atoms with Gasteiger partial charge < -0.3 is 15.0 Å². The largest absolute Gasteiger partial charge is 0.482 e. The fourth-order valence-corrected chi connectivity index (χ4v) is 1.89. The molecule has 5 nitrogen and oxygen atoms in total. The number of hydrogen-bond acceptors (Lipinski definition) is 4. The Morgan fingerprint density at radius 2 is 2.18 bits per heavy atom. The zero-order chi connectivity index (χ0) is 12.4. The zero-order valence-corrected chi connectivity index (χ0v) is 11.2. The van der Waals surface area contributed by atoms with E-state index >= 15 is 0 Å². The molecule has 0 spiro atoms. The number of rotatable bonds is 3. The average molecular weight is 297 g/mol. The van der Waals surface area contributed by atoms with Crippen LogP contribution in [0.25, 0.3) is 0 Å². The minimum atomic E-state index is 0.337. The van der Waals surface area contributed by atoms with Crippen molar-refractivity contribution >= 4 is 21.6 Å². The van der Waals surface area contributed by atoms with Gasteiger partial charge in [0.2, 0.25) is 0 Å². The van der Waals surface area contributed by atoms with Crippen molar-refractivity contribution in [1.82, 2.24) is 14.8 Å². The molecular formula is C11H13BrN4O. The molecule has 2 rings (SSSR count). The average Bonchev–Trinajstić information content (AvgIpc) is 2.60. The first kappa shape index (κ1) is 11.9. The summed E-state index contributed by atoms with van der Waals surface area (Å²) >= 11 is 3.40. The summed E-state index contributed by atoms with van der Waals surface area (Å²) in [6.07, 6.45) is 0. The molecule has 0 radical (unpaired) electrons. The molecule has 1 aromatic heterocycles. The molecule has 0 bridgehead atoms. The highest BCUT2D eigenvalue weighted by Crippen LogP contribution is 2.31. The molecule has 0 aliphatic heterocycles. The maximum atomic E-state index is 5.83. The highest BCUT2D eigenvalue weighted by molar-refractivity contribution is 9.10. The summed E-state index contributed by atoms with van der Waals surface area (Å²) in [5.74, 6) is 2.24. The molecule has 0 amide bonds. The molecule has 0 unspecified atom stereocenters. The van der Waals surface area contributed by atoms with Gasteiger partial charge in [0.1, 0.15) is 12.4 Å². The normalized spacial score (nSPS) is 10.5. The standard InChI is InChI=1S/C11H13BrN4O/c1-7-14-15-10(16(7)2)6-17-11-8(12)4-3-5-9(11)13/h3-5H,6,13H2,1-2H3. The zero-order valence-electron chi connectivity index (χ0n) is 9.64. The van der Waals surface area contributed by atoms with Crippen LogP contribution in [0.4, 0.5) is 5.69 Å². The maximum absolute atomic E-state index is 5.83. The van der Waals surface area contributed by atoms with E-state index in [-0.39, 0.29) is 0 Å². The Balaban J connectivity index is 2.15. The topological polar surface area (TPSA) is 66.0 Å². The van der Waals surface area contributed by atoms with E-state index in [1.54, 1.807) is 6.07 Å². The Labute approximate surface area is 108 Å². The molecule has 0 aliphatic carbocycles. The quantitative estimate of drug-likeness (QED) is 0.881. The monoisotopic (exact) mass is 296 g/mol. The fourth-order valence-electron chi connectivity index (χ4n) is 1.39. The number of nitrogens with zero attached hydrogens (tertiary/aromatic N) is 3. The molecule has 90 valence electrons. The summed E-state index contributed by atoms with van der Waals surface area (Å²) in [5.41, 5.74) is 6.43. The third kappa shape index (κ3) is 2.41. The summed E-state index contributed by atoms with van der Waals surface area (Å²) in [7, 11) is 1.90. The summed E-state index contributed by atoms with van der Waals surface area (Å²) in [6.45, 7) is 2.23. The number of hydrogen-bond donors (Lipinski definition) is 1. The fraction of sp³-hybridized carbons (Fsp3) is 0.273. The van der Waals surface area contributed by atoms with Crippen LogP contribution >= 0.6 is 15.9 Å². The highest BCUT2D eigenvalue weighted by atomic mass is 79.9. The molecule has 0 fully saturated rings. The van der Waals surface area contributed by atoms with Crippen LogP contribution in [0.5, 0.6) is 5.75 Å². The van der Waals surface area contributed by atoms with Crippen molar-refractivity contribution in [2.75, 3.05) is 5.73 Å². The second kappa shape index (κ2) is 4.75. The predicted molar refractivity (Wildman–Crippen MR) is 68.6 cm³/mol. The Bertz CT molecular complexity index is 518.